The minimum absolute atomic E-state index is 0.0286. The summed E-state index contributed by atoms with van der Waals surface area (Å²) in [5.74, 6) is 1.15. The fourth-order valence-corrected chi connectivity index (χ4v) is 7.94. The fraction of sp³-hybridized carbons (Fsp3) is 0.586. The second-order valence-electron chi connectivity index (χ2n) is 11.5. The number of fused-ring (bicyclic) bond motifs is 4. The molecule has 0 aromatic heterocycles. The molecule has 10 atom stereocenters. The van der Waals surface area contributed by atoms with Crippen molar-refractivity contribution < 1.29 is 19.4 Å². The van der Waals surface area contributed by atoms with Crippen LogP contribution in [0.1, 0.15) is 45.1 Å². The standard InChI is InChI=1S/C29H35NO4/c1-3-4-18-8-12-20-22-13-16(2)5-11-21(22)27-25(20)24(18)26(31)23-15-29(33,30-28(23)32)14-17-6-9-19(34-27)10-7-17/h3-4,6-10,12,16,18,20-25,27,33H,5,11,13-15H2,1-2H3,(H,30,32)/b4-3-/t16-,18+,20+,21-,22+,23+,24+,25?,27+,29-/m1/s1. The highest BCUT2D eigenvalue weighted by Crippen LogP contribution is 2.58. The molecule has 3 aliphatic heterocycles. The molecule has 5 heteroatoms. The second kappa shape index (κ2) is 8.08. The van der Waals surface area contributed by atoms with Crippen LogP contribution in [0.5, 0.6) is 5.75 Å². The van der Waals surface area contributed by atoms with Gasteiger partial charge in [-0.2, -0.15) is 0 Å². The average Bonchev–Trinajstić information content (AvgIpc) is 3.27. The molecule has 5 nitrogen and oxygen atoms in total. The van der Waals surface area contributed by atoms with E-state index >= 15 is 0 Å². The van der Waals surface area contributed by atoms with Gasteiger partial charge in [-0.25, -0.2) is 0 Å². The zero-order valence-electron chi connectivity index (χ0n) is 20.0. The zero-order valence-corrected chi connectivity index (χ0v) is 20.0. The van der Waals surface area contributed by atoms with Crippen LogP contribution in [-0.2, 0) is 16.0 Å². The molecule has 1 amide bonds. The van der Waals surface area contributed by atoms with Gasteiger partial charge < -0.3 is 15.2 Å². The van der Waals surface area contributed by atoms with Crippen molar-refractivity contribution in [2.24, 2.45) is 47.3 Å². The van der Waals surface area contributed by atoms with Crippen LogP contribution in [0.15, 0.2) is 48.6 Å². The number of ketones is 1. The van der Waals surface area contributed by atoms with Gasteiger partial charge in [0, 0.05) is 30.6 Å². The number of aliphatic hydroxyl groups is 1. The van der Waals surface area contributed by atoms with Crippen LogP contribution >= 0.6 is 0 Å². The third kappa shape index (κ3) is 3.46. The Kier molecular flexibility index (Phi) is 5.25. The molecule has 3 fully saturated rings. The van der Waals surface area contributed by atoms with E-state index < -0.39 is 11.6 Å². The lowest BCUT2D eigenvalue weighted by Crippen LogP contribution is -2.45. The first kappa shape index (κ1) is 22.1. The molecule has 1 saturated heterocycles. The number of carbonyl (C=O) groups is 2. The van der Waals surface area contributed by atoms with E-state index in [4.69, 9.17) is 4.74 Å². The summed E-state index contributed by atoms with van der Waals surface area (Å²) in [6.45, 7) is 4.32. The summed E-state index contributed by atoms with van der Waals surface area (Å²) in [6, 6.07) is 7.91. The molecule has 3 heterocycles. The molecule has 0 radical (unpaired) electrons. The Morgan fingerprint density at radius 1 is 1.12 bits per heavy atom. The SMILES string of the molecule is C/C=C\[C@H]1C=C[C@@H]2C3[C@@H](Oc4ccc(cc4)C[C@@]4(O)C[C@H](C(=O)N4)C(=O)[C@H]31)[C@@H]1CC[C@@H](C)C[C@H]12. The average molecular weight is 462 g/mol. The van der Waals surface area contributed by atoms with E-state index in [0.717, 1.165) is 24.2 Å². The van der Waals surface area contributed by atoms with Crippen molar-refractivity contribution in [1.82, 2.24) is 5.32 Å². The molecule has 2 N–H and O–H groups in total. The van der Waals surface area contributed by atoms with Gasteiger partial charge in [-0.1, -0.05) is 49.8 Å². The number of hydrogen-bond donors (Lipinski definition) is 2. The Labute approximate surface area is 201 Å². The molecule has 0 spiro atoms. The van der Waals surface area contributed by atoms with E-state index in [1.807, 2.05) is 37.3 Å². The second-order valence-corrected chi connectivity index (χ2v) is 11.5. The molecule has 1 aromatic carbocycles. The first-order valence-corrected chi connectivity index (χ1v) is 13.0. The Morgan fingerprint density at radius 2 is 1.91 bits per heavy atom. The molecule has 1 aromatic rings. The van der Waals surface area contributed by atoms with Gasteiger partial charge in [-0.15, -0.1) is 0 Å². The van der Waals surface area contributed by atoms with Gasteiger partial charge in [0.1, 0.15) is 29.3 Å². The van der Waals surface area contributed by atoms with Gasteiger partial charge in [0.05, 0.1) is 0 Å². The summed E-state index contributed by atoms with van der Waals surface area (Å²) in [4.78, 5) is 27.3. The number of hydrogen-bond acceptors (Lipinski definition) is 4. The number of allylic oxidation sites excluding steroid dienone is 4. The van der Waals surface area contributed by atoms with E-state index in [0.29, 0.717) is 17.8 Å². The quantitative estimate of drug-likeness (QED) is 0.489. The molecule has 6 aliphatic rings. The third-order valence-electron chi connectivity index (χ3n) is 9.34. The van der Waals surface area contributed by atoms with Crippen LogP contribution in [0.2, 0.25) is 0 Å². The van der Waals surface area contributed by atoms with Crippen molar-refractivity contribution in [3.05, 3.63) is 54.1 Å². The number of nitrogens with one attached hydrogen (secondary N) is 1. The van der Waals surface area contributed by atoms with Crippen LogP contribution in [0.25, 0.3) is 0 Å². The van der Waals surface area contributed by atoms with Gasteiger partial charge in [0.2, 0.25) is 5.91 Å². The van der Waals surface area contributed by atoms with E-state index in [2.05, 4.69) is 30.5 Å². The largest absolute Gasteiger partial charge is 0.490 e. The Bertz CT molecular complexity index is 1040. The maximum absolute atomic E-state index is 14.2. The summed E-state index contributed by atoms with van der Waals surface area (Å²) in [7, 11) is 0. The van der Waals surface area contributed by atoms with Crippen LogP contribution in [-0.4, -0.2) is 28.6 Å². The lowest BCUT2D eigenvalue weighted by molar-refractivity contribution is -0.137. The maximum Gasteiger partial charge on any atom is 0.232 e. The van der Waals surface area contributed by atoms with Gasteiger partial charge in [0.25, 0.3) is 0 Å². The number of carbonyl (C=O) groups excluding carboxylic acids is 2. The van der Waals surface area contributed by atoms with Crippen LogP contribution in [0, 0.1) is 47.3 Å². The van der Waals surface area contributed by atoms with Crippen molar-refractivity contribution in [3.63, 3.8) is 0 Å². The summed E-state index contributed by atoms with van der Waals surface area (Å²) in [5.41, 5.74) is -0.478. The highest BCUT2D eigenvalue weighted by molar-refractivity contribution is 6.04. The topological polar surface area (TPSA) is 75.6 Å². The first-order valence-electron chi connectivity index (χ1n) is 13.0. The lowest BCUT2D eigenvalue weighted by Gasteiger charge is -2.39. The molecular weight excluding hydrogens is 426 g/mol. The fourth-order valence-electron chi connectivity index (χ4n) is 7.94. The van der Waals surface area contributed by atoms with Crippen molar-refractivity contribution in [2.45, 2.75) is 57.8 Å². The molecule has 4 bridgehead atoms. The molecule has 180 valence electrons. The summed E-state index contributed by atoms with van der Waals surface area (Å²) in [5, 5.41) is 14.0. The first-order chi connectivity index (χ1) is 16.4. The van der Waals surface area contributed by atoms with Crippen LogP contribution in [0.3, 0.4) is 0 Å². The zero-order chi connectivity index (χ0) is 23.6. The maximum atomic E-state index is 14.2. The molecule has 1 unspecified atom stereocenters. The minimum Gasteiger partial charge on any atom is -0.490 e. The third-order valence-corrected chi connectivity index (χ3v) is 9.34. The number of amides is 1. The number of rotatable bonds is 1. The van der Waals surface area contributed by atoms with E-state index in [1.54, 1.807) is 0 Å². The monoisotopic (exact) mass is 461 g/mol. The highest BCUT2D eigenvalue weighted by Gasteiger charge is 2.60. The highest BCUT2D eigenvalue weighted by atomic mass is 16.5. The normalized spacial score (nSPS) is 45.1. The minimum atomic E-state index is -1.40. The summed E-state index contributed by atoms with van der Waals surface area (Å²) in [6.07, 6.45) is 12.5. The van der Waals surface area contributed by atoms with Gasteiger partial charge in [0.15, 0.2) is 0 Å². The summed E-state index contributed by atoms with van der Waals surface area (Å²) < 4.78 is 6.78. The molecule has 7 rings (SSSR count). The van der Waals surface area contributed by atoms with E-state index in [1.165, 1.54) is 6.42 Å². The molecule has 2 saturated carbocycles. The Hall–Kier alpha value is -2.40. The Morgan fingerprint density at radius 3 is 2.68 bits per heavy atom. The molecule has 3 aliphatic carbocycles. The predicted octanol–water partition coefficient (Wildman–Crippen LogP) is 4.06. The number of ether oxygens (including phenoxy) is 1. The van der Waals surface area contributed by atoms with Gasteiger partial charge >= 0.3 is 0 Å². The van der Waals surface area contributed by atoms with Crippen molar-refractivity contribution >= 4 is 11.7 Å². The predicted molar refractivity (Wildman–Crippen MR) is 129 cm³/mol. The van der Waals surface area contributed by atoms with Gasteiger partial charge in [-0.3, -0.25) is 9.59 Å². The van der Waals surface area contributed by atoms with Crippen LogP contribution < -0.4 is 10.1 Å². The van der Waals surface area contributed by atoms with E-state index in [-0.39, 0.29) is 54.3 Å². The van der Waals surface area contributed by atoms with Crippen LogP contribution in [0.4, 0.5) is 0 Å². The van der Waals surface area contributed by atoms with E-state index in [9.17, 15) is 14.7 Å². The molecular formula is C29H35NO4. The van der Waals surface area contributed by atoms with Crippen molar-refractivity contribution in [3.8, 4) is 5.75 Å². The number of Topliss-reactive ketones (excluding diaryl/α,β-unsaturated/α-hetero) is 1. The van der Waals surface area contributed by atoms with Crippen molar-refractivity contribution in [2.75, 3.05) is 0 Å². The number of benzene rings is 1. The summed E-state index contributed by atoms with van der Waals surface area (Å²) >= 11 is 0. The van der Waals surface area contributed by atoms with Crippen molar-refractivity contribution in [1.29, 1.82) is 0 Å². The van der Waals surface area contributed by atoms with Gasteiger partial charge in [-0.05, 0) is 61.1 Å². The molecule has 34 heavy (non-hydrogen) atoms. The smallest absolute Gasteiger partial charge is 0.232 e. The Balaban J connectivity index is 1.50. The lowest BCUT2D eigenvalue weighted by atomic mass is 9.65.